The molecule has 0 amide bonds. The third-order valence-electron chi connectivity index (χ3n) is 8.51. The van der Waals surface area contributed by atoms with Gasteiger partial charge in [-0.05, 0) is 95.9 Å². The first kappa shape index (κ1) is 33.4. The molecule has 0 saturated carbocycles. The quantitative estimate of drug-likeness (QED) is 0.0815. The second-order valence-electron chi connectivity index (χ2n) is 12.0. The van der Waals surface area contributed by atoms with Gasteiger partial charge in [0.15, 0.2) is 0 Å². The van der Waals surface area contributed by atoms with Gasteiger partial charge in [-0.15, -0.1) is 79.4 Å². The molecule has 0 unspecified atom stereocenters. The average Bonchev–Trinajstić information content (AvgIpc) is 3.92. The highest BCUT2D eigenvalue weighted by molar-refractivity contribution is 7.31. The van der Waals surface area contributed by atoms with E-state index in [0.717, 1.165) is 0 Å². The van der Waals surface area contributed by atoms with Gasteiger partial charge in [0.25, 0.3) is 0 Å². The summed E-state index contributed by atoms with van der Waals surface area (Å²) >= 11 is 13.4. The van der Waals surface area contributed by atoms with E-state index in [1.807, 2.05) is 79.4 Å². The zero-order valence-electron chi connectivity index (χ0n) is 26.8. The fourth-order valence-electron chi connectivity index (χ4n) is 5.99. The van der Waals surface area contributed by atoms with Crippen LogP contribution in [0.5, 0.6) is 0 Å². The average molecular weight is 745 g/mol. The minimum atomic E-state index is 1.17. The van der Waals surface area contributed by atoms with E-state index in [1.165, 1.54) is 135 Å². The molecule has 0 aliphatic heterocycles. The maximum Gasteiger partial charge on any atom is 0.0481 e. The van der Waals surface area contributed by atoms with E-state index in [-0.39, 0.29) is 0 Å². The molecule has 0 aliphatic carbocycles. The minimum Gasteiger partial charge on any atom is -0.143 e. The number of unbranched alkanes of at least 4 members (excludes halogenated alkanes) is 9. The first-order valence-corrected chi connectivity index (χ1v) is 22.7. The smallest absolute Gasteiger partial charge is 0.0481 e. The summed E-state index contributed by atoms with van der Waals surface area (Å²) in [5.41, 5.74) is 1.54. The molecule has 7 heteroatoms. The lowest BCUT2D eigenvalue weighted by Crippen LogP contribution is -1.86. The van der Waals surface area contributed by atoms with Crippen molar-refractivity contribution in [3.63, 3.8) is 0 Å². The van der Waals surface area contributed by atoms with Gasteiger partial charge in [-0.25, -0.2) is 0 Å². The van der Waals surface area contributed by atoms with Crippen LogP contribution in [0.1, 0.15) is 76.7 Å². The summed E-state index contributed by atoms with van der Waals surface area (Å²) < 4.78 is 0. The van der Waals surface area contributed by atoms with Crippen LogP contribution in [0.25, 0.3) is 58.5 Å². The lowest BCUT2D eigenvalue weighted by atomic mass is 10.0. The van der Waals surface area contributed by atoms with Gasteiger partial charge in [-0.2, -0.15) is 0 Å². The maximum absolute atomic E-state index is 2.52. The van der Waals surface area contributed by atoms with Gasteiger partial charge < -0.3 is 0 Å². The van der Waals surface area contributed by atoms with Gasteiger partial charge >= 0.3 is 0 Å². The van der Waals surface area contributed by atoms with Crippen LogP contribution in [0.3, 0.4) is 0 Å². The molecule has 0 aromatic carbocycles. The monoisotopic (exact) mass is 744 g/mol. The summed E-state index contributed by atoms with van der Waals surface area (Å²) in [6.45, 7) is 2.30. The Kier molecular flexibility index (Phi) is 11.8. The summed E-state index contributed by atoms with van der Waals surface area (Å²) in [5.74, 6) is 0. The predicted octanol–water partition coefficient (Wildman–Crippen LogP) is 16.6. The normalized spacial score (nSPS) is 11.6. The predicted molar refractivity (Wildman–Crippen MR) is 220 cm³/mol. The van der Waals surface area contributed by atoms with Crippen LogP contribution in [-0.4, -0.2) is 0 Å². The molecule has 0 radical (unpaired) electrons. The van der Waals surface area contributed by atoms with E-state index in [0.29, 0.717) is 0 Å². The molecule has 7 rings (SSSR count). The Bertz CT molecular complexity index is 1930. The van der Waals surface area contributed by atoms with Gasteiger partial charge in [0.05, 0.1) is 0 Å². The zero-order valence-corrected chi connectivity index (χ0v) is 32.5. The Morgan fingerprint density at radius 1 is 0.383 bits per heavy atom. The molecular formula is C40H40S7. The Hall–Kier alpha value is -2.10. The number of thiophene rings is 7. The van der Waals surface area contributed by atoms with Crippen molar-refractivity contribution >= 4 is 79.4 Å². The van der Waals surface area contributed by atoms with Crippen LogP contribution in [0.15, 0.2) is 89.6 Å². The molecule has 0 aliphatic rings. The third kappa shape index (κ3) is 8.38. The van der Waals surface area contributed by atoms with Crippen molar-refractivity contribution in [1.82, 2.24) is 0 Å². The summed E-state index contributed by atoms with van der Waals surface area (Å²) in [4.78, 5) is 16.7. The molecule has 7 heterocycles. The molecule has 0 saturated heterocycles. The molecule has 7 aromatic heterocycles. The van der Waals surface area contributed by atoms with E-state index in [1.54, 1.807) is 0 Å². The molecule has 7 aromatic rings. The zero-order chi connectivity index (χ0) is 31.8. The van der Waals surface area contributed by atoms with Crippen molar-refractivity contribution in [2.45, 2.75) is 77.6 Å². The third-order valence-corrected chi connectivity index (χ3v) is 16.9. The molecule has 0 bridgehead atoms. The van der Waals surface area contributed by atoms with E-state index < -0.39 is 0 Å². The minimum absolute atomic E-state index is 1.17. The van der Waals surface area contributed by atoms with Crippen molar-refractivity contribution in [1.29, 1.82) is 0 Å². The molecule has 242 valence electrons. The van der Waals surface area contributed by atoms with Gasteiger partial charge in [0.1, 0.15) is 0 Å². The van der Waals surface area contributed by atoms with Gasteiger partial charge in [0.2, 0.25) is 0 Å². The summed E-state index contributed by atoms with van der Waals surface area (Å²) in [5, 5.41) is 4.33. The lowest BCUT2D eigenvalue weighted by Gasteiger charge is -2.04. The van der Waals surface area contributed by atoms with Crippen LogP contribution in [0.2, 0.25) is 0 Å². The molecule has 0 N–H and O–H groups in total. The number of aryl methyl sites for hydroxylation is 1. The standard InChI is InChI=1S/C40H40S7/c1-2-3-4-5-6-7-8-9-10-11-14-28-27-39(37-22-21-34(45-37)33-19-17-31(43-33)29-15-12-25-41-29)47-40(28)38-24-23-36(46-38)35-20-18-32(44-35)30-16-13-26-42-30/h12-13,15-27H,2-11,14H2,1H3. The van der Waals surface area contributed by atoms with Crippen molar-refractivity contribution in [2.24, 2.45) is 0 Å². The fourth-order valence-corrected chi connectivity index (χ4v) is 13.3. The summed E-state index contributed by atoms with van der Waals surface area (Å²) in [6, 6.07) is 29.8. The Balaban J connectivity index is 1.07. The number of hydrogen-bond acceptors (Lipinski definition) is 7. The molecule has 0 fully saturated rings. The van der Waals surface area contributed by atoms with E-state index in [9.17, 15) is 0 Å². The SMILES string of the molecule is CCCCCCCCCCCCc1cc(-c2ccc(-c3ccc(-c4cccs4)s3)s2)sc1-c1ccc(-c2ccc(-c3cccs3)s2)s1. The Labute approximate surface area is 308 Å². The first-order chi connectivity index (χ1) is 23.2. The lowest BCUT2D eigenvalue weighted by molar-refractivity contribution is 0.556. The van der Waals surface area contributed by atoms with Crippen LogP contribution in [-0.2, 0) is 6.42 Å². The Morgan fingerprint density at radius 3 is 1.26 bits per heavy atom. The van der Waals surface area contributed by atoms with Crippen molar-refractivity contribution in [3.05, 3.63) is 95.2 Å². The second kappa shape index (κ2) is 16.5. The van der Waals surface area contributed by atoms with E-state index >= 15 is 0 Å². The Morgan fingerprint density at radius 2 is 0.787 bits per heavy atom. The largest absolute Gasteiger partial charge is 0.143 e. The second-order valence-corrected chi connectivity index (χ2v) is 19.3. The van der Waals surface area contributed by atoms with Gasteiger partial charge in [-0.3, -0.25) is 0 Å². The van der Waals surface area contributed by atoms with Gasteiger partial charge in [0, 0.05) is 58.5 Å². The topological polar surface area (TPSA) is 0 Å². The molecule has 0 spiro atoms. The van der Waals surface area contributed by atoms with Crippen molar-refractivity contribution in [3.8, 4) is 58.5 Å². The highest BCUT2D eigenvalue weighted by Gasteiger charge is 2.18. The molecular weight excluding hydrogens is 705 g/mol. The van der Waals surface area contributed by atoms with E-state index in [4.69, 9.17) is 0 Å². The number of hydrogen-bond donors (Lipinski definition) is 0. The van der Waals surface area contributed by atoms with Gasteiger partial charge in [-0.1, -0.05) is 76.8 Å². The van der Waals surface area contributed by atoms with Crippen LogP contribution in [0, 0.1) is 0 Å². The fraction of sp³-hybridized carbons (Fsp3) is 0.300. The van der Waals surface area contributed by atoms with Crippen LogP contribution < -0.4 is 0 Å². The molecule has 47 heavy (non-hydrogen) atoms. The van der Waals surface area contributed by atoms with Crippen LogP contribution >= 0.6 is 79.4 Å². The highest BCUT2D eigenvalue weighted by atomic mass is 32.1. The molecule has 0 nitrogen and oxygen atoms in total. The summed E-state index contributed by atoms with van der Waals surface area (Å²) in [6.07, 6.45) is 15.0. The molecule has 0 atom stereocenters. The summed E-state index contributed by atoms with van der Waals surface area (Å²) in [7, 11) is 0. The van der Waals surface area contributed by atoms with Crippen molar-refractivity contribution < 1.29 is 0 Å². The highest BCUT2D eigenvalue weighted by Crippen LogP contribution is 2.48. The van der Waals surface area contributed by atoms with Crippen molar-refractivity contribution in [2.75, 3.05) is 0 Å². The number of rotatable bonds is 17. The van der Waals surface area contributed by atoms with E-state index in [2.05, 4.69) is 96.5 Å². The maximum atomic E-state index is 2.52. The van der Waals surface area contributed by atoms with Crippen LogP contribution in [0.4, 0.5) is 0 Å². The first-order valence-electron chi connectivity index (χ1n) is 16.9.